The number of hydroxylamine groups is 2. The lowest BCUT2D eigenvalue weighted by molar-refractivity contribution is -0.181. The highest BCUT2D eigenvalue weighted by molar-refractivity contribution is 6.30. The number of carbonyl (C=O) groups excluding carboxylic acids is 2. The normalized spacial score (nSPS) is 18.6. The summed E-state index contributed by atoms with van der Waals surface area (Å²) in [4.78, 5) is 33.8. The summed E-state index contributed by atoms with van der Waals surface area (Å²) in [5.74, 6) is 4.95. The Labute approximate surface area is 263 Å². The van der Waals surface area contributed by atoms with Crippen LogP contribution in [0, 0.1) is 17.8 Å². The van der Waals surface area contributed by atoms with Crippen molar-refractivity contribution in [1.29, 1.82) is 0 Å². The van der Waals surface area contributed by atoms with E-state index in [1.54, 1.807) is 36.3 Å². The summed E-state index contributed by atoms with van der Waals surface area (Å²) in [5, 5.41) is 28.5. The molecule has 1 aliphatic heterocycles. The third kappa shape index (κ3) is 9.05. The molecule has 10 heteroatoms. The summed E-state index contributed by atoms with van der Waals surface area (Å²) in [6.07, 6.45) is -0.904. The largest absolute Gasteiger partial charge is 0.394 e. The van der Waals surface area contributed by atoms with E-state index in [1.165, 1.54) is 0 Å². The summed E-state index contributed by atoms with van der Waals surface area (Å²) >= 11 is 5.99. The highest BCUT2D eigenvalue weighted by Crippen LogP contribution is 2.32. The maximum absolute atomic E-state index is 13.5. The Morgan fingerprint density at radius 2 is 1.82 bits per heavy atom. The quantitative estimate of drug-likeness (QED) is 0.182. The van der Waals surface area contributed by atoms with Crippen LogP contribution in [0.4, 0.5) is 5.69 Å². The first-order valence-electron chi connectivity index (χ1n) is 14.6. The summed E-state index contributed by atoms with van der Waals surface area (Å²) in [6, 6.07) is 23.2. The molecule has 1 saturated heterocycles. The summed E-state index contributed by atoms with van der Waals surface area (Å²) in [7, 11) is 1.98. The van der Waals surface area contributed by atoms with E-state index in [0.717, 1.165) is 23.4 Å². The topological polar surface area (TPSA) is 114 Å². The summed E-state index contributed by atoms with van der Waals surface area (Å²) in [5.41, 5.74) is 3.19. The van der Waals surface area contributed by atoms with Crippen molar-refractivity contribution in [1.82, 2.24) is 15.7 Å². The van der Waals surface area contributed by atoms with Gasteiger partial charge in [-0.3, -0.25) is 14.4 Å². The minimum absolute atomic E-state index is 0.191. The van der Waals surface area contributed by atoms with Gasteiger partial charge in [0.2, 0.25) is 5.91 Å². The van der Waals surface area contributed by atoms with Gasteiger partial charge in [-0.15, -0.1) is 0 Å². The highest BCUT2D eigenvalue weighted by Gasteiger charge is 2.49. The molecule has 232 valence electrons. The number of aliphatic hydroxyl groups is 2. The van der Waals surface area contributed by atoms with Crippen LogP contribution < -0.4 is 15.5 Å². The molecule has 2 amide bonds. The Morgan fingerprint density at radius 1 is 1.07 bits per heavy atom. The van der Waals surface area contributed by atoms with Gasteiger partial charge >= 0.3 is 0 Å². The number of hydrogen-bond acceptors (Lipinski definition) is 7. The molecule has 9 nitrogen and oxygen atoms in total. The molecule has 0 bridgehead atoms. The molecule has 0 saturated carbocycles. The fourth-order valence-corrected chi connectivity index (χ4v) is 5.35. The van der Waals surface area contributed by atoms with Crippen LogP contribution in [-0.4, -0.2) is 78.6 Å². The van der Waals surface area contributed by atoms with Gasteiger partial charge in [0.15, 0.2) is 0 Å². The molecule has 3 aromatic carbocycles. The predicted octanol–water partition coefficient (Wildman–Crippen LogP) is 3.24. The molecule has 1 fully saturated rings. The van der Waals surface area contributed by atoms with Crippen molar-refractivity contribution in [2.45, 2.75) is 38.1 Å². The van der Waals surface area contributed by atoms with Gasteiger partial charge in [0.05, 0.1) is 25.8 Å². The average molecular weight is 619 g/mol. The maximum atomic E-state index is 13.5. The molecule has 0 spiro atoms. The fourth-order valence-electron chi connectivity index (χ4n) is 5.22. The molecule has 4 atom stereocenters. The monoisotopic (exact) mass is 618 g/mol. The van der Waals surface area contributed by atoms with Gasteiger partial charge in [-0.1, -0.05) is 53.8 Å². The molecule has 1 heterocycles. The molecule has 44 heavy (non-hydrogen) atoms. The zero-order valence-corrected chi connectivity index (χ0v) is 25.7. The van der Waals surface area contributed by atoms with Crippen molar-refractivity contribution in [3.05, 3.63) is 101 Å². The van der Waals surface area contributed by atoms with E-state index in [9.17, 15) is 19.8 Å². The molecule has 4 N–H and O–H groups in total. The SMILES string of the molecule is C[C@@H](O)[C@@H]1C(C(=O)NCCCN(C)c2ccc(Cl)cc2)N(Cc2cccc(C#CCNC(=O)c3ccccc3)c2)O[C@@H]1CO. The average Bonchev–Trinajstić information content (AvgIpc) is 3.40. The van der Waals surface area contributed by atoms with Crippen LogP contribution >= 0.6 is 11.6 Å². The van der Waals surface area contributed by atoms with Crippen LogP contribution in [0.2, 0.25) is 5.02 Å². The van der Waals surface area contributed by atoms with Gasteiger partial charge in [-0.25, -0.2) is 0 Å². The standard InChI is InChI=1S/C34H39ClN4O5/c1-24(41)31-30(23-40)44-39(32(31)34(43)37-19-8-20-38(2)29-16-14-28(35)15-17-29)22-26-10-6-9-25(21-26)11-7-18-36-33(42)27-12-4-3-5-13-27/h3-6,9-10,12-17,21,24,30-32,40-41H,8,18-20,22-23H2,1-2H3,(H,36,42)(H,37,43)/t24-,30-,31+,32?/m1/s1. The fraction of sp³-hybridized carbons (Fsp3) is 0.353. The first-order valence-corrected chi connectivity index (χ1v) is 15.0. The van der Waals surface area contributed by atoms with Crippen LogP contribution in [0.25, 0.3) is 0 Å². The Morgan fingerprint density at radius 3 is 2.52 bits per heavy atom. The van der Waals surface area contributed by atoms with E-state index in [1.807, 2.05) is 61.6 Å². The minimum Gasteiger partial charge on any atom is -0.394 e. The Kier molecular flexibility index (Phi) is 12.2. The molecular formula is C34H39ClN4O5. The number of carbonyl (C=O) groups is 2. The molecule has 0 aromatic heterocycles. The number of rotatable bonds is 12. The zero-order chi connectivity index (χ0) is 31.5. The number of nitrogens with zero attached hydrogens (tertiary/aromatic N) is 2. The smallest absolute Gasteiger partial charge is 0.252 e. The van der Waals surface area contributed by atoms with Gasteiger partial charge in [-0.05, 0) is 67.4 Å². The van der Waals surface area contributed by atoms with Crippen molar-refractivity contribution in [2.75, 3.05) is 38.2 Å². The minimum atomic E-state index is -0.882. The lowest BCUT2D eigenvalue weighted by atomic mass is 9.89. The Balaban J connectivity index is 1.36. The highest BCUT2D eigenvalue weighted by atomic mass is 35.5. The molecule has 0 radical (unpaired) electrons. The zero-order valence-electron chi connectivity index (χ0n) is 24.9. The first-order chi connectivity index (χ1) is 21.3. The van der Waals surface area contributed by atoms with E-state index in [4.69, 9.17) is 16.4 Å². The van der Waals surface area contributed by atoms with E-state index < -0.39 is 24.2 Å². The van der Waals surface area contributed by atoms with Crippen molar-refractivity contribution < 1.29 is 24.6 Å². The third-order valence-electron chi connectivity index (χ3n) is 7.49. The number of anilines is 1. The number of benzene rings is 3. The Bertz CT molecular complexity index is 1440. The van der Waals surface area contributed by atoms with Gasteiger partial charge in [0.25, 0.3) is 5.91 Å². The molecule has 4 rings (SSSR count). The van der Waals surface area contributed by atoms with Gasteiger partial charge in [-0.2, -0.15) is 5.06 Å². The summed E-state index contributed by atoms with van der Waals surface area (Å²) < 4.78 is 0. The molecule has 1 unspecified atom stereocenters. The van der Waals surface area contributed by atoms with Crippen LogP contribution in [0.5, 0.6) is 0 Å². The number of nitrogens with one attached hydrogen (secondary N) is 2. The van der Waals surface area contributed by atoms with Crippen LogP contribution in [0.1, 0.15) is 34.8 Å². The lowest BCUT2D eigenvalue weighted by Gasteiger charge is -2.26. The van der Waals surface area contributed by atoms with Gasteiger partial charge in [0.1, 0.15) is 12.1 Å². The van der Waals surface area contributed by atoms with Crippen molar-refractivity contribution in [2.24, 2.45) is 5.92 Å². The van der Waals surface area contributed by atoms with Gasteiger partial charge < -0.3 is 25.7 Å². The second-order valence-electron chi connectivity index (χ2n) is 10.8. The predicted molar refractivity (Wildman–Crippen MR) is 171 cm³/mol. The third-order valence-corrected chi connectivity index (χ3v) is 7.74. The second-order valence-corrected chi connectivity index (χ2v) is 11.2. The number of amides is 2. The lowest BCUT2D eigenvalue weighted by Crippen LogP contribution is -2.49. The molecule has 0 aliphatic carbocycles. The van der Waals surface area contributed by atoms with Crippen LogP contribution in [0.15, 0.2) is 78.9 Å². The second kappa shape index (κ2) is 16.2. The van der Waals surface area contributed by atoms with Crippen LogP contribution in [0.3, 0.4) is 0 Å². The van der Waals surface area contributed by atoms with E-state index in [0.29, 0.717) is 23.6 Å². The molecule has 1 aliphatic rings. The maximum Gasteiger partial charge on any atom is 0.252 e. The summed E-state index contributed by atoms with van der Waals surface area (Å²) in [6.45, 7) is 2.87. The number of hydrogen-bond donors (Lipinski definition) is 4. The van der Waals surface area contributed by atoms with Gasteiger partial charge in [0, 0.05) is 47.9 Å². The van der Waals surface area contributed by atoms with E-state index >= 15 is 0 Å². The van der Waals surface area contributed by atoms with E-state index in [-0.39, 0.29) is 31.5 Å². The first kappa shape index (κ1) is 33.0. The van der Waals surface area contributed by atoms with Crippen molar-refractivity contribution >= 4 is 29.1 Å². The van der Waals surface area contributed by atoms with Crippen molar-refractivity contribution in [3.8, 4) is 11.8 Å². The molecule has 3 aromatic rings. The molecular weight excluding hydrogens is 580 g/mol. The Hall–Kier alpha value is -3.91. The van der Waals surface area contributed by atoms with E-state index in [2.05, 4.69) is 27.4 Å². The van der Waals surface area contributed by atoms with Crippen LogP contribution in [-0.2, 0) is 16.2 Å². The number of halogens is 1. The van der Waals surface area contributed by atoms with Crippen molar-refractivity contribution in [3.63, 3.8) is 0 Å². The number of aliphatic hydroxyl groups excluding tert-OH is 2.